The number of thioether (sulfide) groups is 2. The van der Waals surface area contributed by atoms with Crippen molar-refractivity contribution in [2.75, 3.05) is 11.5 Å². The first-order valence-electron chi connectivity index (χ1n) is 10.1. The molecular formula is C20H17N7O5S2. The summed E-state index contributed by atoms with van der Waals surface area (Å²) >= 11 is 2.66. The van der Waals surface area contributed by atoms with Gasteiger partial charge in [-0.2, -0.15) is 0 Å². The average Bonchev–Trinajstić information content (AvgIpc) is 3.33. The molecule has 2 amide bonds. The number of β-lactam (4-membered cyclic amide) rings is 1. The second-order valence-electron chi connectivity index (χ2n) is 7.45. The number of hydrogen-bond donors (Lipinski definition) is 3. The van der Waals surface area contributed by atoms with Crippen LogP contribution in [0.25, 0.3) is 5.65 Å². The van der Waals surface area contributed by atoms with Crippen LogP contribution in [0, 0.1) is 0 Å². The topological polar surface area (TPSA) is 163 Å². The highest BCUT2D eigenvalue weighted by Crippen LogP contribution is 2.41. The summed E-state index contributed by atoms with van der Waals surface area (Å²) in [6, 6.07) is 10.9. The van der Waals surface area contributed by atoms with Crippen molar-refractivity contribution < 1.29 is 24.6 Å². The number of fused-ring (bicyclic) bond motifs is 2. The Morgan fingerprint density at radius 2 is 2.03 bits per heavy atom. The lowest BCUT2D eigenvalue weighted by Crippen LogP contribution is -2.70. The predicted molar refractivity (Wildman–Crippen MR) is 120 cm³/mol. The fourth-order valence-corrected chi connectivity index (χ4v) is 6.02. The highest BCUT2D eigenvalue weighted by molar-refractivity contribution is 8.01. The standard InChI is InChI=1S/C20H17N7O5S2/c28-16(10-4-2-1-3-5-10)17(29)21-14-18(30)26-15(20(31)32)11(9-34-19(14)26)8-33-13-7-6-12-22-24-25-27(12)23-13/h1-7,14,16,19,28H,8-9H2,(H,21,29)(H,31,32)/t14?,16-,19-/m1/s1. The summed E-state index contributed by atoms with van der Waals surface area (Å²) < 4.78 is 1.27. The normalized spacial score (nSPS) is 20.6. The van der Waals surface area contributed by atoms with E-state index in [4.69, 9.17) is 0 Å². The van der Waals surface area contributed by atoms with Crippen LogP contribution in [0.4, 0.5) is 0 Å². The molecule has 2 aliphatic heterocycles. The second kappa shape index (κ2) is 9.04. The number of benzene rings is 1. The maximum atomic E-state index is 12.8. The number of aliphatic carboxylic acids is 1. The Morgan fingerprint density at radius 3 is 2.79 bits per heavy atom. The molecule has 3 N–H and O–H groups in total. The van der Waals surface area contributed by atoms with E-state index < -0.39 is 35.3 Å². The largest absolute Gasteiger partial charge is 0.477 e. The van der Waals surface area contributed by atoms with Gasteiger partial charge in [0.1, 0.15) is 22.1 Å². The van der Waals surface area contributed by atoms with Crippen LogP contribution in [0.15, 0.2) is 58.8 Å². The van der Waals surface area contributed by atoms with Crippen molar-refractivity contribution in [2.45, 2.75) is 22.5 Å². The molecule has 174 valence electrons. The van der Waals surface area contributed by atoms with Crippen LogP contribution >= 0.6 is 23.5 Å². The zero-order chi connectivity index (χ0) is 23.8. The van der Waals surface area contributed by atoms with Gasteiger partial charge in [0, 0.05) is 11.5 Å². The van der Waals surface area contributed by atoms with E-state index in [9.17, 15) is 24.6 Å². The van der Waals surface area contributed by atoms with Crippen LogP contribution in [-0.4, -0.2) is 81.1 Å². The Hall–Kier alpha value is -3.49. The van der Waals surface area contributed by atoms with E-state index in [0.717, 1.165) is 0 Å². The third-order valence-corrected chi connectivity index (χ3v) is 7.70. The van der Waals surface area contributed by atoms with Gasteiger partial charge in [0.05, 0.1) is 0 Å². The molecule has 4 heterocycles. The van der Waals surface area contributed by atoms with Gasteiger partial charge in [0.15, 0.2) is 11.8 Å². The van der Waals surface area contributed by atoms with Crippen molar-refractivity contribution in [1.29, 1.82) is 0 Å². The van der Waals surface area contributed by atoms with Gasteiger partial charge in [-0.05, 0) is 33.7 Å². The first kappa shape index (κ1) is 22.3. The number of aliphatic hydroxyl groups is 1. The lowest BCUT2D eigenvalue weighted by Gasteiger charge is -2.49. The number of carbonyl (C=O) groups excluding carboxylic acids is 2. The predicted octanol–water partition coefficient (Wildman–Crippen LogP) is 0.0836. The van der Waals surface area contributed by atoms with E-state index in [1.54, 1.807) is 42.5 Å². The van der Waals surface area contributed by atoms with Crippen LogP contribution in [-0.2, 0) is 14.4 Å². The molecular weight excluding hydrogens is 482 g/mol. The number of nitrogens with one attached hydrogen (secondary N) is 1. The van der Waals surface area contributed by atoms with Crippen LogP contribution in [0.5, 0.6) is 0 Å². The van der Waals surface area contributed by atoms with Gasteiger partial charge >= 0.3 is 5.97 Å². The summed E-state index contributed by atoms with van der Waals surface area (Å²) in [7, 11) is 0. The number of aromatic nitrogens is 5. The summed E-state index contributed by atoms with van der Waals surface area (Å²) in [5, 5.41) is 38.0. The highest BCUT2D eigenvalue weighted by atomic mass is 32.2. The molecule has 2 aliphatic rings. The Labute approximate surface area is 200 Å². The Morgan fingerprint density at radius 1 is 1.24 bits per heavy atom. The van der Waals surface area contributed by atoms with Gasteiger partial charge in [0.25, 0.3) is 11.8 Å². The molecule has 0 aliphatic carbocycles. The molecule has 34 heavy (non-hydrogen) atoms. The van der Waals surface area contributed by atoms with Crippen molar-refractivity contribution in [3.8, 4) is 0 Å². The Bertz CT molecular complexity index is 1310. The third-order valence-electron chi connectivity index (χ3n) is 5.35. The third kappa shape index (κ3) is 3.99. The molecule has 2 aromatic heterocycles. The first-order chi connectivity index (χ1) is 16.4. The molecule has 1 saturated heterocycles. The van der Waals surface area contributed by atoms with Crippen LogP contribution in [0.3, 0.4) is 0 Å². The van der Waals surface area contributed by atoms with Crippen LogP contribution in [0.2, 0.25) is 0 Å². The Kier molecular flexibility index (Phi) is 5.93. The molecule has 0 saturated carbocycles. The smallest absolute Gasteiger partial charge is 0.352 e. The zero-order valence-electron chi connectivity index (χ0n) is 17.3. The number of tetrazole rings is 1. The van der Waals surface area contributed by atoms with E-state index >= 15 is 0 Å². The minimum absolute atomic E-state index is 0.0844. The summed E-state index contributed by atoms with van der Waals surface area (Å²) in [6.07, 6.45) is -1.43. The van der Waals surface area contributed by atoms with E-state index in [1.807, 2.05) is 0 Å². The average molecular weight is 500 g/mol. The molecule has 0 spiro atoms. The summed E-state index contributed by atoms with van der Waals surface area (Å²) in [6.45, 7) is 0. The van der Waals surface area contributed by atoms with Crippen molar-refractivity contribution in [1.82, 2.24) is 35.5 Å². The van der Waals surface area contributed by atoms with Gasteiger partial charge in [-0.1, -0.05) is 30.3 Å². The lowest BCUT2D eigenvalue weighted by atomic mass is 10.0. The van der Waals surface area contributed by atoms with Gasteiger partial charge in [0.2, 0.25) is 0 Å². The summed E-state index contributed by atoms with van der Waals surface area (Å²) in [5.41, 5.74) is 1.37. The quantitative estimate of drug-likeness (QED) is 0.298. The zero-order valence-corrected chi connectivity index (χ0v) is 18.9. The summed E-state index contributed by atoms with van der Waals surface area (Å²) in [5.74, 6) is -1.79. The number of hydrogen-bond acceptors (Lipinski definition) is 10. The maximum absolute atomic E-state index is 12.8. The second-order valence-corrected chi connectivity index (χ2v) is 9.55. The van der Waals surface area contributed by atoms with Crippen molar-refractivity contribution in [3.63, 3.8) is 0 Å². The fourth-order valence-electron chi connectivity index (χ4n) is 3.68. The maximum Gasteiger partial charge on any atom is 0.352 e. The molecule has 0 radical (unpaired) electrons. The van der Waals surface area contributed by atoms with Gasteiger partial charge in [-0.3, -0.25) is 14.5 Å². The van der Waals surface area contributed by atoms with E-state index in [-0.39, 0.29) is 5.70 Å². The van der Waals surface area contributed by atoms with E-state index in [0.29, 0.717) is 33.3 Å². The minimum Gasteiger partial charge on any atom is -0.477 e. The minimum atomic E-state index is -1.43. The molecule has 14 heteroatoms. The van der Waals surface area contributed by atoms with Gasteiger partial charge in [-0.25, -0.2) is 4.79 Å². The number of carboxylic acid groups (broad SMARTS) is 1. The molecule has 12 nitrogen and oxygen atoms in total. The lowest BCUT2D eigenvalue weighted by molar-refractivity contribution is -0.151. The van der Waals surface area contributed by atoms with Gasteiger partial charge < -0.3 is 15.5 Å². The van der Waals surface area contributed by atoms with Crippen LogP contribution < -0.4 is 5.32 Å². The number of rotatable bonds is 7. The Balaban J connectivity index is 1.28. The fraction of sp³-hybridized carbons (Fsp3) is 0.250. The number of nitrogens with zero attached hydrogens (tertiary/aromatic N) is 6. The van der Waals surface area contributed by atoms with Crippen molar-refractivity contribution >= 4 is 47.0 Å². The SMILES string of the molecule is O=C(O)C1=C(CSc2ccc3nnnn3n2)CS[C@@H]2C(NC(=O)[C@H](O)c3ccccc3)C(=O)N12. The monoisotopic (exact) mass is 499 g/mol. The van der Waals surface area contributed by atoms with Crippen LogP contribution in [0.1, 0.15) is 11.7 Å². The summed E-state index contributed by atoms with van der Waals surface area (Å²) in [4.78, 5) is 38.5. The van der Waals surface area contributed by atoms with Crippen molar-refractivity contribution in [2.24, 2.45) is 0 Å². The first-order valence-corrected chi connectivity index (χ1v) is 12.1. The number of aliphatic hydroxyl groups excluding tert-OH is 1. The van der Waals surface area contributed by atoms with E-state index in [2.05, 4.69) is 25.9 Å². The molecule has 1 aromatic carbocycles. The highest BCUT2D eigenvalue weighted by Gasteiger charge is 2.54. The molecule has 3 atom stereocenters. The number of amides is 2. The molecule has 1 unspecified atom stereocenters. The molecule has 0 bridgehead atoms. The molecule has 5 rings (SSSR count). The number of carboxylic acids is 1. The van der Waals surface area contributed by atoms with Gasteiger partial charge in [-0.15, -0.1) is 38.4 Å². The van der Waals surface area contributed by atoms with E-state index in [1.165, 1.54) is 33.1 Å². The molecule has 3 aromatic rings. The number of carbonyl (C=O) groups is 3. The molecule has 1 fully saturated rings. The van der Waals surface area contributed by atoms with Crippen molar-refractivity contribution in [3.05, 3.63) is 59.3 Å².